The summed E-state index contributed by atoms with van der Waals surface area (Å²) in [5.74, 6) is 1.20. The highest BCUT2D eigenvalue weighted by Crippen LogP contribution is 2.37. The van der Waals surface area contributed by atoms with Gasteiger partial charge in [0.1, 0.15) is 24.4 Å². The number of aromatic nitrogens is 3. The highest BCUT2D eigenvalue weighted by molar-refractivity contribution is 6.30. The van der Waals surface area contributed by atoms with Crippen molar-refractivity contribution in [2.75, 3.05) is 0 Å². The maximum absolute atomic E-state index is 14.0. The van der Waals surface area contributed by atoms with Gasteiger partial charge in [-0.05, 0) is 66.8 Å². The first-order valence-electron chi connectivity index (χ1n) is 12.2. The van der Waals surface area contributed by atoms with Gasteiger partial charge in [0.25, 0.3) is 5.78 Å². The average Bonchev–Trinajstić information content (AvgIpc) is 3.41. The zero-order valence-corrected chi connectivity index (χ0v) is 21.3. The first-order chi connectivity index (χ1) is 17.4. The van der Waals surface area contributed by atoms with E-state index in [2.05, 4.69) is 61.7 Å². The Morgan fingerprint density at radius 3 is 2.56 bits per heavy atom. The molecule has 4 aromatic rings. The van der Waals surface area contributed by atoms with Crippen LogP contribution in [0.1, 0.15) is 55.9 Å². The molecule has 1 aromatic heterocycles. The van der Waals surface area contributed by atoms with Crippen LogP contribution < -0.4 is 4.57 Å². The first-order valence-corrected chi connectivity index (χ1v) is 12.6. The molecule has 6 rings (SSSR count). The summed E-state index contributed by atoms with van der Waals surface area (Å²) in [4.78, 5) is 14.0. The van der Waals surface area contributed by atoms with Gasteiger partial charge in [0, 0.05) is 16.5 Å². The van der Waals surface area contributed by atoms with E-state index < -0.39 is 0 Å². The molecule has 180 valence electrons. The molecular formula is C30H27ClN3O2+. The number of carbonyl (C=O) groups excluding carboxylic acids is 1. The lowest BCUT2D eigenvalue weighted by Gasteiger charge is -2.24. The van der Waals surface area contributed by atoms with E-state index in [4.69, 9.17) is 21.4 Å². The highest BCUT2D eigenvalue weighted by Gasteiger charge is 2.47. The van der Waals surface area contributed by atoms with E-state index in [9.17, 15) is 4.79 Å². The summed E-state index contributed by atoms with van der Waals surface area (Å²) < 4.78 is 10.2. The topological polar surface area (TPSA) is 48.0 Å². The third-order valence-corrected chi connectivity index (χ3v) is 7.39. The van der Waals surface area contributed by atoms with Crippen molar-refractivity contribution in [1.29, 1.82) is 0 Å². The van der Waals surface area contributed by atoms with Gasteiger partial charge in [-0.3, -0.25) is 4.79 Å². The van der Waals surface area contributed by atoms with Gasteiger partial charge < -0.3 is 4.74 Å². The standard InChI is InChI=1S/C30H27ClN3O2/c1-18-14-19(2)28(20(3)15-18)34-30(25(35)13-10-21-8-11-23(31)12-9-21)33-27(32-34)17-36-26-16-22-6-4-5-7-24(22)29(26)33/h4-15,26,29H,16-17H2,1-3H3/q+1/b13-10+/t26-,29+/m0/s1. The van der Waals surface area contributed by atoms with Crippen LogP contribution in [0.3, 0.4) is 0 Å². The van der Waals surface area contributed by atoms with Gasteiger partial charge in [-0.2, -0.15) is 0 Å². The smallest absolute Gasteiger partial charge is 0.314 e. The summed E-state index contributed by atoms with van der Waals surface area (Å²) in [7, 11) is 0. The zero-order valence-electron chi connectivity index (χ0n) is 20.5. The molecule has 0 saturated carbocycles. The summed E-state index contributed by atoms with van der Waals surface area (Å²) in [6.07, 6.45) is 4.27. The molecule has 6 heteroatoms. The van der Waals surface area contributed by atoms with Gasteiger partial charge in [0.15, 0.2) is 0 Å². The quantitative estimate of drug-likeness (QED) is 0.207. The van der Waals surface area contributed by atoms with E-state index in [1.807, 2.05) is 35.0 Å². The number of hydrogen-bond acceptors (Lipinski definition) is 3. The molecule has 0 N–H and O–H groups in total. The van der Waals surface area contributed by atoms with Crippen LogP contribution in [0, 0.1) is 20.8 Å². The van der Waals surface area contributed by atoms with Crippen molar-refractivity contribution in [3.05, 3.63) is 117 Å². The number of carbonyl (C=O) groups is 1. The van der Waals surface area contributed by atoms with E-state index >= 15 is 0 Å². The second kappa shape index (κ2) is 8.84. The third kappa shape index (κ3) is 3.80. The average molecular weight is 497 g/mol. The fourth-order valence-corrected chi connectivity index (χ4v) is 5.83. The van der Waals surface area contributed by atoms with Crippen LogP contribution in [0.25, 0.3) is 11.8 Å². The molecule has 0 saturated heterocycles. The fraction of sp³-hybridized carbons (Fsp3) is 0.233. The van der Waals surface area contributed by atoms with Crippen LogP contribution in [0.4, 0.5) is 0 Å². The SMILES string of the molecule is Cc1cc(C)c(-n2nc3[n+](c2C(=O)/C=C/c2ccc(Cl)cc2)[C@@H]2c4ccccc4C[C@@H]2OC3)c(C)c1. The Morgan fingerprint density at radius 2 is 1.81 bits per heavy atom. The fourth-order valence-electron chi connectivity index (χ4n) is 5.71. The number of benzene rings is 3. The Hall–Kier alpha value is -3.54. The third-order valence-electron chi connectivity index (χ3n) is 7.14. The molecule has 2 aliphatic rings. The number of hydrogen-bond donors (Lipinski definition) is 0. The molecule has 36 heavy (non-hydrogen) atoms. The molecule has 0 bridgehead atoms. The van der Waals surface area contributed by atoms with Gasteiger partial charge >= 0.3 is 11.6 Å². The zero-order chi connectivity index (χ0) is 25.0. The van der Waals surface area contributed by atoms with Crippen LogP contribution in [0.2, 0.25) is 5.02 Å². The molecule has 0 radical (unpaired) electrons. The van der Waals surface area contributed by atoms with Crippen molar-refractivity contribution in [2.24, 2.45) is 0 Å². The Morgan fingerprint density at radius 1 is 1.08 bits per heavy atom. The van der Waals surface area contributed by atoms with Gasteiger partial charge in [0.2, 0.25) is 0 Å². The lowest BCUT2D eigenvalue weighted by atomic mass is 10.0. The minimum atomic E-state index is -0.104. The number of ether oxygens (including phenoxy) is 1. The van der Waals surface area contributed by atoms with E-state index in [0.717, 1.165) is 34.6 Å². The second-order valence-electron chi connectivity index (χ2n) is 9.72. The molecule has 3 aromatic carbocycles. The number of nitrogens with zero attached hydrogens (tertiary/aromatic N) is 3. The van der Waals surface area contributed by atoms with E-state index in [-0.39, 0.29) is 17.9 Å². The van der Waals surface area contributed by atoms with Crippen LogP contribution in [0.15, 0.2) is 66.7 Å². The predicted molar refractivity (Wildman–Crippen MR) is 140 cm³/mol. The molecule has 0 fully saturated rings. The van der Waals surface area contributed by atoms with Gasteiger partial charge in [-0.25, -0.2) is 4.57 Å². The number of allylic oxidation sites excluding steroid dienone is 1. The Labute approximate surface area is 215 Å². The normalized spacial score (nSPS) is 18.2. The van der Waals surface area contributed by atoms with Crippen molar-refractivity contribution < 1.29 is 14.1 Å². The molecule has 2 heterocycles. The largest absolute Gasteiger partial charge is 0.363 e. The molecule has 1 aliphatic carbocycles. The summed E-state index contributed by atoms with van der Waals surface area (Å²) in [5, 5.41) is 5.64. The molecule has 2 atom stereocenters. The summed E-state index contributed by atoms with van der Waals surface area (Å²) in [6.45, 7) is 6.60. The molecule has 5 nitrogen and oxygen atoms in total. The maximum Gasteiger partial charge on any atom is 0.314 e. The summed E-state index contributed by atoms with van der Waals surface area (Å²) >= 11 is 6.04. The maximum atomic E-state index is 14.0. The minimum Gasteiger partial charge on any atom is -0.363 e. The molecule has 0 spiro atoms. The van der Waals surface area contributed by atoms with Crippen molar-refractivity contribution in [3.8, 4) is 5.69 Å². The monoisotopic (exact) mass is 496 g/mol. The number of rotatable bonds is 4. The van der Waals surface area contributed by atoms with Crippen LogP contribution >= 0.6 is 11.6 Å². The minimum absolute atomic E-state index is 0.0236. The lowest BCUT2D eigenvalue weighted by molar-refractivity contribution is -0.740. The Kier molecular flexibility index (Phi) is 5.62. The van der Waals surface area contributed by atoms with E-state index in [1.165, 1.54) is 16.7 Å². The second-order valence-corrected chi connectivity index (χ2v) is 10.2. The van der Waals surface area contributed by atoms with Gasteiger partial charge in [-0.15, -0.1) is 0 Å². The van der Waals surface area contributed by atoms with Crippen molar-refractivity contribution in [2.45, 2.75) is 45.9 Å². The number of fused-ring (bicyclic) bond motifs is 5. The lowest BCUT2D eigenvalue weighted by Crippen LogP contribution is -2.54. The van der Waals surface area contributed by atoms with Gasteiger partial charge in [0.05, 0.1) is 0 Å². The Bertz CT molecular complexity index is 1510. The molecule has 0 amide bonds. The first kappa shape index (κ1) is 22.9. The number of halogens is 1. The van der Waals surface area contributed by atoms with E-state index in [0.29, 0.717) is 17.5 Å². The number of ketones is 1. The number of aryl methyl sites for hydroxylation is 3. The highest BCUT2D eigenvalue weighted by atomic mass is 35.5. The van der Waals surface area contributed by atoms with Crippen molar-refractivity contribution in [3.63, 3.8) is 0 Å². The van der Waals surface area contributed by atoms with Crippen molar-refractivity contribution >= 4 is 23.5 Å². The van der Waals surface area contributed by atoms with Crippen LogP contribution in [0.5, 0.6) is 0 Å². The van der Waals surface area contributed by atoms with Gasteiger partial charge in [-0.1, -0.05) is 76.5 Å². The van der Waals surface area contributed by atoms with Crippen LogP contribution in [-0.2, 0) is 17.8 Å². The summed E-state index contributed by atoms with van der Waals surface area (Å²) in [5.41, 5.74) is 7.64. The summed E-state index contributed by atoms with van der Waals surface area (Å²) in [6, 6.07) is 20.0. The van der Waals surface area contributed by atoms with Crippen molar-refractivity contribution in [1.82, 2.24) is 9.78 Å². The van der Waals surface area contributed by atoms with E-state index in [1.54, 1.807) is 6.08 Å². The molecule has 0 unspecified atom stereocenters. The predicted octanol–water partition coefficient (Wildman–Crippen LogP) is 5.68. The Balaban J connectivity index is 1.55. The molecular weight excluding hydrogens is 470 g/mol. The van der Waals surface area contributed by atoms with Crippen LogP contribution in [-0.4, -0.2) is 21.7 Å². The molecule has 1 aliphatic heterocycles.